The topological polar surface area (TPSA) is 20.2 Å². The Bertz CT molecular complexity index is 171. The molecule has 0 aromatic rings. The number of aliphatic hydroxyl groups is 1. The van der Waals surface area contributed by atoms with Crippen LogP contribution in [0.1, 0.15) is 13.8 Å². The summed E-state index contributed by atoms with van der Waals surface area (Å²) in [6.45, 7) is 3.90. The Hall–Kier alpha value is -0.655. The van der Waals surface area contributed by atoms with Crippen molar-refractivity contribution in [1.29, 1.82) is 0 Å². The van der Waals surface area contributed by atoms with Crippen molar-refractivity contribution in [3.05, 3.63) is 23.5 Å². The number of hydrogen-bond acceptors (Lipinski definition) is 1. The van der Waals surface area contributed by atoms with Crippen molar-refractivity contribution >= 4 is 7.85 Å². The van der Waals surface area contributed by atoms with Crippen LogP contribution in [-0.4, -0.2) is 13.0 Å². The minimum Gasteiger partial charge on any atom is -0.512 e. The van der Waals surface area contributed by atoms with Gasteiger partial charge in [-0.25, -0.2) is 0 Å². The fourth-order valence-corrected chi connectivity index (χ4v) is 1.06. The molecule has 2 unspecified atom stereocenters. The summed E-state index contributed by atoms with van der Waals surface area (Å²) in [5.74, 6) is 0.452. The van der Waals surface area contributed by atoms with Crippen molar-refractivity contribution in [2.75, 3.05) is 0 Å². The summed E-state index contributed by atoms with van der Waals surface area (Å²) in [5.41, 5.74) is 1.13. The van der Waals surface area contributed by atoms with E-state index in [1.807, 2.05) is 19.9 Å². The molecule has 1 rings (SSSR count). The molecule has 1 aliphatic carbocycles. The van der Waals surface area contributed by atoms with E-state index in [1.165, 1.54) is 0 Å². The smallest absolute Gasteiger partial charge is 0.0949 e. The zero-order valence-electron chi connectivity index (χ0n) is 6.33. The average Bonchev–Trinajstić information content (AvgIpc) is 1.93. The fraction of sp³-hybridized carbons (Fsp3) is 0.500. The molecule has 0 spiro atoms. The maximum Gasteiger partial charge on any atom is 0.0949 e. The van der Waals surface area contributed by atoms with Crippen molar-refractivity contribution in [2.45, 2.75) is 19.7 Å². The first kappa shape index (κ1) is 7.45. The lowest BCUT2D eigenvalue weighted by Crippen LogP contribution is -2.12. The molecule has 0 saturated heterocycles. The van der Waals surface area contributed by atoms with Crippen LogP contribution in [0.5, 0.6) is 0 Å². The van der Waals surface area contributed by atoms with Gasteiger partial charge in [0.25, 0.3) is 0 Å². The second-order valence-corrected chi connectivity index (χ2v) is 2.82. The zero-order chi connectivity index (χ0) is 7.72. The summed E-state index contributed by atoms with van der Waals surface area (Å²) in [6, 6.07) is 0. The van der Waals surface area contributed by atoms with Crippen molar-refractivity contribution in [3.8, 4) is 0 Å². The van der Waals surface area contributed by atoms with Crippen LogP contribution in [0.15, 0.2) is 23.5 Å². The van der Waals surface area contributed by atoms with Crippen LogP contribution in [0.2, 0.25) is 5.82 Å². The summed E-state index contributed by atoms with van der Waals surface area (Å²) < 4.78 is 0. The van der Waals surface area contributed by atoms with Crippen molar-refractivity contribution in [2.24, 2.45) is 5.92 Å². The summed E-state index contributed by atoms with van der Waals surface area (Å²) >= 11 is 0. The predicted octanol–water partition coefficient (Wildman–Crippen LogP) is 1.98. The number of hydrogen-bond donors (Lipinski definition) is 1. The normalized spacial score (nSPS) is 33.0. The maximum atomic E-state index is 9.20. The zero-order valence-corrected chi connectivity index (χ0v) is 6.33. The van der Waals surface area contributed by atoms with Gasteiger partial charge in [0.15, 0.2) is 0 Å². The van der Waals surface area contributed by atoms with Crippen molar-refractivity contribution < 1.29 is 5.11 Å². The van der Waals surface area contributed by atoms with Gasteiger partial charge in [-0.1, -0.05) is 18.6 Å². The second kappa shape index (κ2) is 2.53. The first-order valence-electron chi connectivity index (χ1n) is 3.46. The molecule has 0 aliphatic heterocycles. The molecule has 10 heavy (non-hydrogen) atoms. The maximum absolute atomic E-state index is 9.20. The van der Waals surface area contributed by atoms with E-state index in [-0.39, 0.29) is 11.7 Å². The molecule has 0 heterocycles. The van der Waals surface area contributed by atoms with Gasteiger partial charge in [0.05, 0.1) is 13.6 Å². The quantitative estimate of drug-likeness (QED) is 0.502. The Morgan fingerprint density at radius 1 is 1.50 bits per heavy atom. The highest BCUT2D eigenvalue weighted by molar-refractivity contribution is 6.14. The van der Waals surface area contributed by atoms with Gasteiger partial charge < -0.3 is 5.11 Å². The van der Waals surface area contributed by atoms with Crippen LogP contribution < -0.4 is 0 Å². The molecule has 1 nitrogen and oxygen atoms in total. The van der Waals surface area contributed by atoms with Crippen LogP contribution >= 0.6 is 0 Å². The molecule has 0 aromatic carbocycles. The standard InChI is InChI=1S/C8H11BO/c1-5-3-4-7(10)6(2)8(5)9/h3-4,6,8,10H,1-2H3. The van der Waals surface area contributed by atoms with Crippen molar-refractivity contribution in [1.82, 2.24) is 0 Å². The van der Waals surface area contributed by atoms with Crippen LogP contribution in [0.3, 0.4) is 0 Å². The Morgan fingerprint density at radius 3 is 2.60 bits per heavy atom. The van der Waals surface area contributed by atoms with E-state index < -0.39 is 0 Å². The molecule has 2 radical (unpaired) electrons. The van der Waals surface area contributed by atoms with Gasteiger partial charge in [0.1, 0.15) is 0 Å². The number of aliphatic hydroxyl groups excluding tert-OH is 1. The van der Waals surface area contributed by atoms with Crippen molar-refractivity contribution in [3.63, 3.8) is 0 Å². The van der Waals surface area contributed by atoms with Crippen LogP contribution in [-0.2, 0) is 0 Å². The van der Waals surface area contributed by atoms with Gasteiger partial charge in [-0.15, -0.1) is 0 Å². The van der Waals surface area contributed by atoms with E-state index in [4.69, 9.17) is 7.85 Å². The Balaban J connectivity index is 2.86. The van der Waals surface area contributed by atoms with Crippen LogP contribution in [0, 0.1) is 5.92 Å². The van der Waals surface area contributed by atoms with E-state index in [2.05, 4.69) is 0 Å². The largest absolute Gasteiger partial charge is 0.512 e. The molecule has 0 amide bonds. The minimum absolute atomic E-state index is 0.00926. The molecule has 2 atom stereocenters. The van der Waals surface area contributed by atoms with Crippen LogP contribution in [0.4, 0.5) is 0 Å². The number of allylic oxidation sites excluding steroid dienone is 4. The third-order valence-electron chi connectivity index (χ3n) is 2.05. The molecule has 2 heteroatoms. The number of rotatable bonds is 0. The molecule has 52 valence electrons. The Labute approximate surface area is 62.9 Å². The SMILES string of the molecule is [B]C1C(C)=CC=C(O)C1C. The summed E-state index contributed by atoms with van der Waals surface area (Å²) in [6.07, 6.45) is 3.57. The Kier molecular flexibility index (Phi) is 1.88. The molecular formula is C8H11BO. The highest BCUT2D eigenvalue weighted by Gasteiger charge is 2.19. The van der Waals surface area contributed by atoms with Gasteiger partial charge in [0, 0.05) is 5.92 Å². The van der Waals surface area contributed by atoms with Gasteiger partial charge in [-0.05, 0) is 18.8 Å². The Morgan fingerprint density at radius 2 is 2.10 bits per heavy atom. The minimum atomic E-state index is -0.00926. The van der Waals surface area contributed by atoms with E-state index in [9.17, 15) is 5.11 Å². The molecule has 1 N–H and O–H groups in total. The summed E-state index contributed by atoms with van der Waals surface area (Å²) in [5, 5.41) is 9.20. The molecule has 1 aliphatic rings. The molecule has 0 aromatic heterocycles. The van der Waals surface area contributed by atoms with Gasteiger partial charge >= 0.3 is 0 Å². The van der Waals surface area contributed by atoms with Gasteiger partial charge in [-0.3, -0.25) is 0 Å². The first-order valence-corrected chi connectivity index (χ1v) is 3.46. The lowest BCUT2D eigenvalue weighted by Gasteiger charge is -2.23. The van der Waals surface area contributed by atoms with Gasteiger partial charge in [-0.2, -0.15) is 0 Å². The highest BCUT2D eigenvalue weighted by Crippen LogP contribution is 2.31. The second-order valence-electron chi connectivity index (χ2n) is 2.82. The lowest BCUT2D eigenvalue weighted by atomic mass is 9.70. The molecule has 0 bridgehead atoms. The van der Waals surface area contributed by atoms with E-state index in [1.54, 1.807) is 6.08 Å². The third-order valence-corrected chi connectivity index (χ3v) is 2.05. The van der Waals surface area contributed by atoms with E-state index in [0.29, 0.717) is 5.76 Å². The average molecular weight is 134 g/mol. The monoisotopic (exact) mass is 134 g/mol. The van der Waals surface area contributed by atoms with Gasteiger partial charge in [0.2, 0.25) is 0 Å². The molecule has 0 saturated carbocycles. The molecule has 0 fully saturated rings. The van der Waals surface area contributed by atoms with E-state index >= 15 is 0 Å². The third kappa shape index (κ3) is 1.11. The predicted molar refractivity (Wildman–Crippen MR) is 43.1 cm³/mol. The van der Waals surface area contributed by atoms with E-state index in [0.717, 1.165) is 5.57 Å². The summed E-state index contributed by atoms with van der Waals surface area (Å²) in [7, 11) is 5.74. The highest BCUT2D eigenvalue weighted by atomic mass is 16.3. The van der Waals surface area contributed by atoms with Crippen LogP contribution in [0.25, 0.3) is 0 Å². The molecular weight excluding hydrogens is 123 g/mol. The fourth-order valence-electron chi connectivity index (χ4n) is 1.06. The summed E-state index contributed by atoms with van der Waals surface area (Å²) in [4.78, 5) is 0. The lowest BCUT2D eigenvalue weighted by molar-refractivity contribution is 0.336. The first-order chi connectivity index (χ1) is 4.63.